The number of esters is 2. The number of para-hydroxylation sites is 1. The molecule has 1 aliphatic heterocycles. The van der Waals surface area contributed by atoms with Crippen LogP contribution in [-0.2, 0) is 32.3 Å². The van der Waals surface area contributed by atoms with E-state index in [1.165, 1.54) is 0 Å². The van der Waals surface area contributed by atoms with Gasteiger partial charge in [-0.15, -0.1) is 0 Å². The highest BCUT2D eigenvalue weighted by Crippen LogP contribution is 2.44. The molecule has 6 rings (SSSR count). The largest absolute Gasteiger partial charge is 0.494 e. The van der Waals surface area contributed by atoms with Crippen LogP contribution in [0.5, 0.6) is 5.75 Å². The topological polar surface area (TPSA) is 91.7 Å². The number of hydrogen-bond donors (Lipinski definition) is 1. The van der Waals surface area contributed by atoms with Crippen LogP contribution in [0.3, 0.4) is 0 Å². The Labute approximate surface area is 299 Å². The fraction of sp³-hybridized carbons (Fsp3) is 0.233. The van der Waals surface area contributed by atoms with Gasteiger partial charge in [-0.3, -0.25) is 0 Å². The summed E-state index contributed by atoms with van der Waals surface area (Å²) < 4.78 is 19.7. The molecule has 0 unspecified atom stereocenters. The van der Waals surface area contributed by atoms with Gasteiger partial charge in [0.05, 0.1) is 35.1 Å². The maximum absolute atomic E-state index is 14.2. The van der Waals surface area contributed by atoms with Crippen molar-refractivity contribution in [3.63, 3.8) is 0 Å². The molecule has 0 saturated carbocycles. The highest BCUT2D eigenvalue weighted by molar-refractivity contribution is 6.00. The van der Waals surface area contributed by atoms with Crippen LogP contribution < -0.4 is 10.1 Å². The van der Waals surface area contributed by atoms with E-state index in [0.717, 1.165) is 46.5 Å². The van der Waals surface area contributed by atoms with E-state index in [9.17, 15) is 9.59 Å². The van der Waals surface area contributed by atoms with Crippen LogP contribution in [0.15, 0.2) is 138 Å². The van der Waals surface area contributed by atoms with Crippen molar-refractivity contribution in [3.05, 3.63) is 160 Å². The molecular weight excluding hydrogens is 638 g/mol. The van der Waals surface area contributed by atoms with Gasteiger partial charge in [-0.25, -0.2) is 14.3 Å². The third-order valence-corrected chi connectivity index (χ3v) is 8.92. The van der Waals surface area contributed by atoms with Gasteiger partial charge in [0.15, 0.2) is 0 Å². The Bertz CT molecular complexity index is 1970. The highest BCUT2D eigenvalue weighted by Gasteiger charge is 2.40. The molecule has 0 fully saturated rings. The average molecular weight is 682 g/mol. The summed E-state index contributed by atoms with van der Waals surface area (Å²) in [5.41, 5.74) is 7.44. The number of benzene rings is 4. The Hall–Kier alpha value is -5.89. The van der Waals surface area contributed by atoms with Crippen molar-refractivity contribution >= 4 is 11.9 Å². The zero-order valence-electron chi connectivity index (χ0n) is 29.5. The molecule has 0 atom stereocenters. The van der Waals surface area contributed by atoms with E-state index in [2.05, 4.69) is 12.2 Å². The van der Waals surface area contributed by atoms with Gasteiger partial charge in [0.1, 0.15) is 19.0 Å². The van der Waals surface area contributed by atoms with Gasteiger partial charge < -0.3 is 19.5 Å². The lowest BCUT2D eigenvalue weighted by atomic mass is 9.79. The number of nitrogens with one attached hydrogen (secondary N) is 1. The Balaban J connectivity index is 1.48. The first-order valence-electron chi connectivity index (χ1n) is 17.3. The van der Waals surface area contributed by atoms with E-state index >= 15 is 0 Å². The lowest BCUT2D eigenvalue weighted by molar-refractivity contribution is -0.141. The fourth-order valence-corrected chi connectivity index (χ4v) is 6.29. The molecule has 4 aromatic carbocycles. The number of carbonyl (C=O) groups excluding carboxylic acids is 2. The molecule has 8 heteroatoms. The third-order valence-electron chi connectivity index (χ3n) is 8.92. The van der Waals surface area contributed by atoms with Crippen LogP contribution in [0.1, 0.15) is 61.8 Å². The lowest BCUT2D eigenvalue weighted by Crippen LogP contribution is -2.32. The van der Waals surface area contributed by atoms with Gasteiger partial charge in [-0.05, 0) is 74.2 Å². The monoisotopic (exact) mass is 681 g/mol. The zero-order chi connectivity index (χ0) is 35.7. The molecule has 0 spiro atoms. The molecule has 5 aromatic rings. The van der Waals surface area contributed by atoms with E-state index in [4.69, 9.17) is 19.3 Å². The van der Waals surface area contributed by atoms with Gasteiger partial charge >= 0.3 is 11.9 Å². The fourth-order valence-electron chi connectivity index (χ4n) is 6.29. The Morgan fingerprint density at radius 2 is 1.29 bits per heavy atom. The Kier molecular flexibility index (Phi) is 11.1. The van der Waals surface area contributed by atoms with Crippen molar-refractivity contribution in [1.82, 2.24) is 15.1 Å². The SMILES string of the molecule is CCCCOc1ccc(-c2nn(-c3ccccc3)cc2C2C(C(=O)OCc3ccccc3)=C(C)NC(C)=C2C(=O)OCc2ccccc2)c(C)c1. The highest BCUT2D eigenvalue weighted by atomic mass is 16.5. The second-order valence-electron chi connectivity index (χ2n) is 12.7. The molecule has 0 bridgehead atoms. The molecule has 1 N–H and O–H groups in total. The minimum absolute atomic E-state index is 0.0778. The molecule has 0 radical (unpaired) electrons. The standard InChI is InChI=1S/C43H43N3O5/c1-5-6-24-49-35-22-23-36(29(2)25-35)41-37(26-46(45-41)34-20-14-9-15-21-34)40-38(42(47)50-27-32-16-10-7-11-17-32)30(3)44-31(4)39(40)43(48)51-28-33-18-12-8-13-19-33/h7-23,25-26,40,44H,5-6,24,27-28H2,1-4H3. The molecule has 1 aromatic heterocycles. The van der Waals surface area contributed by atoms with E-state index < -0.39 is 17.9 Å². The molecule has 0 saturated heterocycles. The second-order valence-corrected chi connectivity index (χ2v) is 12.7. The summed E-state index contributed by atoms with van der Waals surface area (Å²) in [7, 11) is 0. The van der Waals surface area contributed by atoms with Crippen LogP contribution in [0.2, 0.25) is 0 Å². The lowest BCUT2D eigenvalue weighted by Gasteiger charge is -2.30. The average Bonchev–Trinajstić information content (AvgIpc) is 3.59. The molecule has 0 aliphatic carbocycles. The van der Waals surface area contributed by atoms with Crippen LogP contribution in [0.4, 0.5) is 0 Å². The Morgan fingerprint density at radius 1 is 0.745 bits per heavy atom. The van der Waals surface area contributed by atoms with Crippen molar-refractivity contribution < 1.29 is 23.8 Å². The van der Waals surface area contributed by atoms with E-state index in [1.54, 1.807) is 4.68 Å². The van der Waals surface area contributed by atoms with Gasteiger partial charge in [0.25, 0.3) is 0 Å². The van der Waals surface area contributed by atoms with Crippen molar-refractivity contribution in [2.24, 2.45) is 0 Å². The first-order chi connectivity index (χ1) is 24.8. The van der Waals surface area contributed by atoms with Crippen molar-refractivity contribution in [1.29, 1.82) is 0 Å². The van der Waals surface area contributed by atoms with Gasteiger partial charge in [0, 0.05) is 28.7 Å². The number of dihydropyridines is 1. The summed E-state index contributed by atoms with van der Waals surface area (Å²) >= 11 is 0. The van der Waals surface area contributed by atoms with Crippen LogP contribution >= 0.6 is 0 Å². The van der Waals surface area contributed by atoms with Crippen LogP contribution in [0, 0.1) is 6.92 Å². The van der Waals surface area contributed by atoms with Gasteiger partial charge in [-0.1, -0.05) is 92.2 Å². The zero-order valence-corrected chi connectivity index (χ0v) is 29.5. The molecular formula is C43H43N3O5. The molecule has 8 nitrogen and oxygen atoms in total. The number of hydrogen-bond acceptors (Lipinski definition) is 7. The summed E-state index contributed by atoms with van der Waals surface area (Å²) in [5.74, 6) is -1.16. The first kappa shape index (κ1) is 35.0. The number of aromatic nitrogens is 2. The van der Waals surface area contributed by atoms with Crippen LogP contribution in [0.25, 0.3) is 16.9 Å². The van der Waals surface area contributed by atoms with Crippen molar-refractivity contribution in [2.75, 3.05) is 6.61 Å². The predicted octanol–water partition coefficient (Wildman–Crippen LogP) is 8.75. The smallest absolute Gasteiger partial charge is 0.337 e. The van der Waals surface area contributed by atoms with E-state index in [1.807, 2.05) is 136 Å². The predicted molar refractivity (Wildman–Crippen MR) is 198 cm³/mol. The van der Waals surface area contributed by atoms with E-state index in [-0.39, 0.29) is 13.2 Å². The minimum atomic E-state index is -0.856. The van der Waals surface area contributed by atoms with Gasteiger partial charge in [-0.2, -0.15) is 5.10 Å². The summed E-state index contributed by atoms with van der Waals surface area (Å²) in [4.78, 5) is 28.5. The molecule has 0 amide bonds. The summed E-state index contributed by atoms with van der Waals surface area (Å²) in [5, 5.41) is 8.41. The van der Waals surface area contributed by atoms with E-state index in [0.29, 0.717) is 40.4 Å². The molecule has 260 valence electrons. The molecule has 1 aliphatic rings. The maximum atomic E-state index is 14.2. The number of ether oxygens (including phenoxy) is 3. The van der Waals surface area contributed by atoms with Crippen molar-refractivity contribution in [2.45, 2.75) is 59.7 Å². The molecule has 51 heavy (non-hydrogen) atoms. The quantitative estimate of drug-likeness (QED) is 0.0982. The van der Waals surface area contributed by atoms with Gasteiger partial charge in [0.2, 0.25) is 0 Å². The normalized spacial score (nSPS) is 13.2. The summed E-state index contributed by atoms with van der Waals surface area (Å²) in [6.45, 7) is 8.60. The minimum Gasteiger partial charge on any atom is -0.494 e. The maximum Gasteiger partial charge on any atom is 0.337 e. The second kappa shape index (κ2) is 16.2. The van der Waals surface area contributed by atoms with Crippen molar-refractivity contribution in [3.8, 4) is 22.7 Å². The number of aryl methyl sites for hydroxylation is 1. The van der Waals surface area contributed by atoms with Crippen LogP contribution in [-0.4, -0.2) is 28.3 Å². The number of carbonyl (C=O) groups is 2. The summed E-state index contributed by atoms with van der Waals surface area (Å²) in [6, 6.07) is 34.8. The number of rotatable bonds is 13. The molecule has 2 heterocycles. The Morgan fingerprint density at radius 3 is 1.82 bits per heavy atom. The summed E-state index contributed by atoms with van der Waals surface area (Å²) in [6.07, 6.45) is 3.91. The number of unbranched alkanes of at least 4 members (excludes halogenated alkanes) is 1. The first-order valence-corrected chi connectivity index (χ1v) is 17.3. The number of nitrogens with zero attached hydrogens (tertiary/aromatic N) is 2. The third kappa shape index (κ3) is 8.13. The number of allylic oxidation sites excluding steroid dienone is 2.